The number of methoxy groups -OCH3 is 1. The summed E-state index contributed by atoms with van der Waals surface area (Å²) in [4.78, 5) is 54.3. The van der Waals surface area contributed by atoms with E-state index in [2.05, 4.69) is 15.6 Å². The van der Waals surface area contributed by atoms with Crippen LogP contribution >= 0.6 is 11.8 Å². The number of amides is 3. The number of imide groups is 1. The van der Waals surface area contributed by atoms with E-state index >= 15 is 0 Å². The van der Waals surface area contributed by atoms with Gasteiger partial charge in [0.15, 0.2) is 5.16 Å². The third-order valence-corrected chi connectivity index (χ3v) is 6.34. The number of para-hydroxylation sites is 1. The summed E-state index contributed by atoms with van der Waals surface area (Å²) in [5.41, 5.74) is 0.821. The van der Waals surface area contributed by atoms with Crippen LogP contribution in [0.15, 0.2) is 58.5 Å². The molecule has 0 radical (unpaired) electrons. The van der Waals surface area contributed by atoms with E-state index in [1.807, 2.05) is 6.07 Å². The zero-order valence-corrected chi connectivity index (χ0v) is 19.8. The van der Waals surface area contributed by atoms with E-state index in [1.165, 1.54) is 29.9 Å². The first-order valence-electron chi connectivity index (χ1n) is 11.0. The van der Waals surface area contributed by atoms with Gasteiger partial charge in [-0.2, -0.15) is 0 Å². The summed E-state index contributed by atoms with van der Waals surface area (Å²) in [6.45, 7) is 0.920. The Morgan fingerprint density at radius 2 is 2.00 bits per heavy atom. The number of fused-ring (bicyclic) bond motifs is 1. The van der Waals surface area contributed by atoms with Gasteiger partial charge in [0.05, 0.1) is 42.0 Å². The minimum Gasteiger partial charge on any atom is -0.465 e. The third-order valence-electron chi connectivity index (χ3n) is 5.37. The number of esters is 1. The van der Waals surface area contributed by atoms with Gasteiger partial charge in [0, 0.05) is 12.3 Å². The molecule has 0 aliphatic carbocycles. The topological polar surface area (TPSA) is 129 Å². The maximum atomic E-state index is 13.3. The Morgan fingerprint density at radius 3 is 2.71 bits per heavy atom. The van der Waals surface area contributed by atoms with Crippen LogP contribution in [0.3, 0.4) is 0 Å². The first kappa shape index (κ1) is 24.4. The monoisotopic (exact) mass is 496 g/mol. The number of thioether (sulfide) groups is 1. The quantitative estimate of drug-likeness (QED) is 0.290. The molecular formula is C24H24N4O6S. The Bertz CT molecular complexity index is 1300. The van der Waals surface area contributed by atoms with Crippen molar-refractivity contribution in [2.75, 3.05) is 24.8 Å². The number of urea groups is 1. The van der Waals surface area contributed by atoms with E-state index in [0.717, 1.165) is 24.6 Å². The number of ether oxygens (including phenoxy) is 2. The lowest BCUT2D eigenvalue weighted by Gasteiger charge is -2.16. The van der Waals surface area contributed by atoms with Crippen molar-refractivity contribution in [2.24, 2.45) is 0 Å². The van der Waals surface area contributed by atoms with Crippen molar-refractivity contribution >= 4 is 46.3 Å². The van der Waals surface area contributed by atoms with Crippen LogP contribution in [0.4, 0.5) is 10.5 Å². The standard InChI is InChI=1S/C24H24N4O6S/c1-33-22(31)15-9-10-18-19(12-15)26-24(28(21(18)30)13-17-8-5-11-34-17)35-14-20(29)27-23(32)25-16-6-3-2-4-7-16/h2-4,6-7,9-10,12,17H,5,8,11,13-14H2,1H3,(H2,25,27,29,32). The Balaban J connectivity index is 1.54. The molecule has 0 spiro atoms. The van der Waals surface area contributed by atoms with Gasteiger partial charge in [-0.15, -0.1) is 0 Å². The molecule has 2 N–H and O–H groups in total. The molecule has 1 atom stereocenters. The number of hydrogen-bond donors (Lipinski definition) is 2. The highest BCUT2D eigenvalue weighted by atomic mass is 32.2. The summed E-state index contributed by atoms with van der Waals surface area (Å²) >= 11 is 1.02. The van der Waals surface area contributed by atoms with E-state index in [1.54, 1.807) is 24.3 Å². The van der Waals surface area contributed by atoms with Crippen molar-refractivity contribution in [3.05, 3.63) is 64.4 Å². The van der Waals surface area contributed by atoms with Crippen molar-refractivity contribution in [3.63, 3.8) is 0 Å². The molecule has 1 saturated heterocycles. The predicted molar refractivity (Wildman–Crippen MR) is 131 cm³/mol. The molecule has 11 heteroatoms. The fourth-order valence-corrected chi connectivity index (χ4v) is 4.49. The van der Waals surface area contributed by atoms with Crippen LogP contribution in [0.25, 0.3) is 10.9 Å². The summed E-state index contributed by atoms with van der Waals surface area (Å²) in [7, 11) is 1.27. The lowest BCUT2D eigenvalue weighted by Crippen LogP contribution is -2.36. The normalized spacial score (nSPS) is 15.1. The summed E-state index contributed by atoms with van der Waals surface area (Å²) in [6, 6.07) is 12.6. The molecule has 182 valence electrons. The molecule has 1 unspecified atom stereocenters. The lowest BCUT2D eigenvalue weighted by molar-refractivity contribution is -0.117. The zero-order valence-electron chi connectivity index (χ0n) is 19.0. The maximum Gasteiger partial charge on any atom is 0.337 e. The maximum absolute atomic E-state index is 13.3. The summed E-state index contributed by atoms with van der Waals surface area (Å²) in [6.07, 6.45) is 1.59. The van der Waals surface area contributed by atoms with Gasteiger partial charge in [0.1, 0.15) is 0 Å². The Hall–Kier alpha value is -3.70. The van der Waals surface area contributed by atoms with Crippen molar-refractivity contribution in [1.82, 2.24) is 14.9 Å². The van der Waals surface area contributed by atoms with Gasteiger partial charge >= 0.3 is 12.0 Å². The number of anilines is 1. The van der Waals surface area contributed by atoms with Crippen LogP contribution in [0.1, 0.15) is 23.2 Å². The molecule has 1 aliphatic heterocycles. The molecule has 2 aromatic carbocycles. The van der Waals surface area contributed by atoms with E-state index in [-0.39, 0.29) is 23.0 Å². The fraction of sp³-hybridized carbons (Fsp3) is 0.292. The van der Waals surface area contributed by atoms with Crippen molar-refractivity contribution in [3.8, 4) is 0 Å². The second-order valence-corrected chi connectivity index (χ2v) is 8.77. The number of hydrogen-bond acceptors (Lipinski definition) is 8. The lowest BCUT2D eigenvalue weighted by atomic mass is 10.1. The molecule has 35 heavy (non-hydrogen) atoms. The third kappa shape index (κ3) is 6.06. The summed E-state index contributed by atoms with van der Waals surface area (Å²) in [5, 5.41) is 5.47. The van der Waals surface area contributed by atoms with E-state index < -0.39 is 17.9 Å². The molecule has 0 bridgehead atoms. The average Bonchev–Trinajstić information content (AvgIpc) is 3.37. The number of benzene rings is 2. The molecule has 0 saturated carbocycles. The zero-order chi connectivity index (χ0) is 24.8. The minimum atomic E-state index is -0.660. The highest BCUT2D eigenvalue weighted by Crippen LogP contribution is 2.22. The minimum absolute atomic E-state index is 0.133. The van der Waals surface area contributed by atoms with Gasteiger partial charge in [-0.05, 0) is 43.2 Å². The second kappa shape index (κ2) is 11.2. The molecule has 4 rings (SSSR count). The van der Waals surface area contributed by atoms with E-state index in [4.69, 9.17) is 9.47 Å². The average molecular weight is 497 g/mol. The Labute approximate surface area is 205 Å². The largest absolute Gasteiger partial charge is 0.465 e. The molecule has 1 aliphatic rings. The van der Waals surface area contributed by atoms with Gasteiger partial charge in [0.25, 0.3) is 5.56 Å². The van der Waals surface area contributed by atoms with Crippen LogP contribution < -0.4 is 16.2 Å². The van der Waals surface area contributed by atoms with Crippen molar-refractivity contribution < 1.29 is 23.9 Å². The van der Waals surface area contributed by atoms with Crippen LogP contribution in [-0.4, -0.2) is 53.0 Å². The van der Waals surface area contributed by atoms with Gasteiger partial charge in [-0.1, -0.05) is 30.0 Å². The highest BCUT2D eigenvalue weighted by Gasteiger charge is 2.21. The fourth-order valence-electron chi connectivity index (χ4n) is 3.69. The number of nitrogens with one attached hydrogen (secondary N) is 2. The summed E-state index contributed by atoms with van der Waals surface area (Å²) < 4.78 is 11.9. The molecule has 10 nitrogen and oxygen atoms in total. The molecule has 1 aromatic heterocycles. The predicted octanol–water partition coefficient (Wildman–Crippen LogP) is 2.80. The molecular weight excluding hydrogens is 472 g/mol. The first-order chi connectivity index (χ1) is 16.9. The molecule has 3 aromatic rings. The van der Waals surface area contributed by atoms with Crippen LogP contribution in [0.5, 0.6) is 0 Å². The highest BCUT2D eigenvalue weighted by molar-refractivity contribution is 7.99. The number of aromatic nitrogens is 2. The molecule has 3 amide bonds. The first-order valence-corrected chi connectivity index (χ1v) is 12.0. The van der Waals surface area contributed by atoms with Crippen molar-refractivity contribution in [2.45, 2.75) is 30.6 Å². The van der Waals surface area contributed by atoms with E-state index in [0.29, 0.717) is 34.9 Å². The Kier molecular flexibility index (Phi) is 7.78. The Morgan fingerprint density at radius 1 is 1.20 bits per heavy atom. The van der Waals surface area contributed by atoms with Gasteiger partial charge in [0.2, 0.25) is 5.91 Å². The summed E-state index contributed by atoms with van der Waals surface area (Å²) in [5.74, 6) is -1.25. The number of carbonyl (C=O) groups excluding carboxylic acids is 3. The van der Waals surface area contributed by atoms with Crippen LogP contribution in [0, 0.1) is 0 Å². The van der Waals surface area contributed by atoms with Crippen molar-refractivity contribution in [1.29, 1.82) is 0 Å². The SMILES string of the molecule is COC(=O)c1ccc2c(=O)n(CC3CCCO3)c(SCC(=O)NC(=O)Nc3ccccc3)nc2c1. The molecule has 1 fully saturated rings. The number of nitrogens with zero attached hydrogens (tertiary/aromatic N) is 2. The second-order valence-electron chi connectivity index (χ2n) is 7.83. The van der Waals surface area contributed by atoms with Crippen LogP contribution in [-0.2, 0) is 20.8 Å². The molecule has 2 heterocycles. The number of rotatable bonds is 7. The van der Waals surface area contributed by atoms with Gasteiger partial charge in [-0.3, -0.25) is 19.5 Å². The van der Waals surface area contributed by atoms with Crippen LogP contribution in [0.2, 0.25) is 0 Å². The van der Waals surface area contributed by atoms with Gasteiger partial charge in [-0.25, -0.2) is 14.6 Å². The number of carbonyl (C=O) groups is 3. The van der Waals surface area contributed by atoms with E-state index in [9.17, 15) is 19.2 Å². The smallest absolute Gasteiger partial charge is 0.337 e. The van der Waals surface area contributed by atoms with Gasteiger partial charge < -0.3 is 14.8 Å².